The number of ether oxygens (including phenoxy) is 4. The van der Waals surface area contributed by atoms with E-state index in [4.69, 9.17) is 37.0 Å². The van der Waals surface area contributed by atoms with E-state index >= 15 is 0 Å². The lowest BCUT2D eigenvalue weighted by atomic mass is 10.00. The molecule has 3 N–H and O–H groups in total. The molecule has 0 aliphatic rings. The van der Waals surface area contributed by atoms with E-state index in [0.717, 1.165) is 114 Å². The zero-order valence-corrected chi connectivity index (χ0v) is 58.3. The molecule has 0 aromatic carbocycles. The highest BCUT2D eigenvalue weighted by molar-refractivity contribution is 7.47. The van der Waals surface area contributed by atoms with Crippen LogP contribution in [0.5, 0.6) is 0 Å². The second-order valence-corrected chi connectivity index (χ2v) is 28.4. The van der Waals surface area contributed by atoms with Gasteiger partial charge in [-0.1, -0.05) is 286 Å². The molecule has 0 bridgehead atoms. The first-order valence-corrected chi connectivity index (χ1v) is 38.4. The first-order chi connectivity index (χ1) is 41.8. The lowest BCUT2D eigenvalue weighted by Gasteiger charge is -2.21. The molecule has 0 rings (SSSR count). The zero-order chi connectivity index (χ0) is 64.5. The van der Waals surface area contributed by atoms with E-state index in [2.05, 4.69) is 48.5 Å². The van der Waals surface area contributed by atoms with E-state index in [1.54, 1.807) is 0 Å². The number of aliphatic hydroxyl groups excluding tert-OH is 1. The second-order valence-electron chi connectivity index (χ2n) is 25.5. The number of rotatable bonds is 66. The third-order valence-corrected chi connectivity index (χ3v) is 18.3. The van der Waals surface area contributed by atoms with Crippen molar-refractivity contribution in [2.45, 2.75) is 356 Å². The van der Waals surface area contributed by atoms with Crippen LogP contribution in [0, 0.1) is 17.8 Å². The van der Waals surface area contributed by atoms with Gasteiger partial charge in [0.2, 0.25) is 0 Å². The van der Waals surface area contributed by atoms with E-state index < -0.39 is 97.5 Å². The molecule has 19 heteroatoms. The topological polar surface area (TPSA) is 237 Å². The van der Waals surface area contributed by atoms with Gasteiger partial charge in [-0.25, -0.2) is 9.13 Å². The molecular formula is C68H132O17P2. The Bertz CT molecular complexity index is 1720. The number of carbonyl (C=O) groups excluding carboxylic acids is 4. The van der Waals surface area contributed by atoms with Crippen LogP contribution in [0.1, 0.15) is 337 Å². The number of unbranched alkanes of at least 4 members (excludes halogenated alkanes) is 32. The summed E-state index contributed by atoms with van der Waals surface area (Å²) in [5.41, 5.74) is 0. The minimum atomic E-state index is -4.95. The van der Waals surface area contributed by atoms with Crippen molar-refractivity contribution in [1.29, 1.82) is 0 Å². The molecular weight excluding hydrogens is 1150 g/mol. The van der Waals surface area contributed by atoms with Crippen LogP contribution < -0.4 is 0 Å². The van der Waals surface area contributed by atoms with Gasteiger partial charge in [0.15, 0.2) is 12.2 Å². The Labute approximate surface area is 530 Å². The minimum absolute atomic E-state index is 0.102. The van der Waals surface area contributed by atoms with Crippen molar-refractivity contribution in [3.05, 3.63) is 0 Å². The molecule has 0 radical (unpaired) electrons. The second kappa shape index (κ2) is 59.1. The standard InChI is InChI=1S/C68H132O17P2/c1-8-11-12-13-14-15-16-17-18-19-20-23-27-37-44-51-67(72)84-63(55-78-65(70)49-42-35-26-24-21-22-25-32-39-46-59(4)5)57-82-86(74,75)80-53-62(69)54-81-87(76,77)83-58-64(85-68(73)52-45-38-31-29-34-41-48-61(7)10-3)56-79-66(71)50-43-36-30-28-33-40-47-60(6)9-2/h59-64,69H,8-58H2,1-7H3,(H,74,75)(H,76,77)/t60?,61?,62-,63-,64-/m1/s1. The molecule has 0 aromatic heterocycles. The Morgan fingerprint density at radius 3 is 0.874 bits per heavy atom. The van der Waals surface area contributed by atoms with Crippen LogP contribution >= 0.6 is 15.6 Å². The van der Waals surface area contributed by atoms with Gasteiger partial charge in [-0.2, -0.15) is 0 Å². The summed E-state index contributed by atoms with van der Waals surface area (Å²) in [6, 6.07) is 0. The van der Waals surface area contributed by atoms with Crippen molar-refractivity contribution in [3.8, 4) is 0 Å². The van der Waals surface area contributed by atoms with Gasteiger partial charge in [0.1, 0.15) is 19.3 Å². The fourth-order valence-corrected chi connectivity index (χ4v) is 11.7. The smallest absolute Gasteiger partial charge is 0.462 e. The number of hydrogen-bond donors (Lipinski definition) is 3. The van der Waals surface area contributed by atoms with E-state index in [-0.39, 0.29) is 25.7 Å². The van der Waals surface area contributed by atoms with Crippen LogP contribution in [0.15, 0.2) is 0 Å². The van der Waals surface area contributed by atoms with E-state index in [1.165, 1.54) is 141 Å². The summed E-state index contributed by atoms with van der Waals surface area (Å²) in [5, 5.41) is 10.6. The Morgan fingerprint density at radius 2 is 0.586 bits per heavy atom. The highest BCUT2D eigenvalue weighted by Crippen LogP contribution is 2.45. The molecule has 516 valence electrons. The molecule has 7 atom stereocenters. The Hall–Kier alpha value is -1.94. The van der Waals surface area contributed by atoms with Crippen molar-refractivity contribution in [2.24, 2.45) is 17.8 Å². The van der Waals surface area contributed by atoms with Crippen molar-refractivity contribution < 1.29 is 80.2 Å². The molecule has 4 unspecified atom stereocenters. The molecule has 0 saturated carbocycles. The number of phosphoric acid groups is 2. The molecule has 0 spiro atoms. The summed E-state index contributed by atoms with van der Waals surface area (Å²) < 4.78 is 68.2. The number of hydrogen-bond acceptors (Lipinski definition) is 15. The quantitative estimate of drug-likeness (QED) is 0.0222. The summed E-state index contributed by atoms with van der Waals surface area (Å²) in [5.74, 6) is 0.0625. The molecule has 0 aliphatic carbocycles. The fraction of sp³-hybridized carbons (Fsp3) is 0.941. The molecule has 0 heterocycles. The summed E-state index contributed by atoms with van der Waals surface area (Å²) in [6.45, 7) is 11.7. The summed E-state index contributed by atoms with van der Waals surface area (Å²) in [7, 11) is -9.90. The maximum absolute atomic E-state index is 13.0. The van der Waals surface area contributed by atoms with Crippen molar-refractivity contribution in [2.75, 3.05) is 39.6 Å². The van der Waals surface area contributed by atoms with Gasteiger partial charge >= 0.3 is 39.5 Å². The lowest BCUT2D eigenvalue weighted by molar-refractivity contribution is -0.161. The number of carbonyl (C=O) groups is 4. The van der Waals surface area contributed by atoms with Gasteiger partial charge in [0, 0.05) is 25.7 Å². The Balaban J connectivity index is 5.26. The van der Waals surface area contributed by atoms with Crippen LogP contribution in [-0.2, 0) is 65.4 Å². The number of esters is 4. The van der Waals surface area contributed by atoms with E-state index in [0.29, 0.717) is 25.7 Å². The normalized spacial score (nSPS) is 14.9. The maximum atomic E-state index is 13.0. The summed E-state index contributed by atoms with van der Waals surface area (Å²) in [4.78, 5) is 72.4. The molecule has 0 aromatic rings. The Kier molecular flexibility index (Phi) is 57.8. The van der Waals surface area contributed by atoms with Gasteiger partial charge in [-0.3, -0.25) is 37.3 Å². The predicted molar refractivity (Wildman–Crippen MR) is 349 cm³/mol. The minimum Gasteiger partial charge on any atom is -0.462 e. The van der Waals surface area contributed by atoms with Crippen LogP contribution in [0.4, 0.5) is 0 Å². The number of aliphatic hydroxyl groups is 1. The average Bonchev–Trinajstić information content (AvgIpc) is 3.70. The third-order valence-electron chi connectivity index (χ3n) is 16.4. The van der Waals surface area contributed by atoms with Gasteiger partial charge in [0.25, 0.3) is 0 Å². The van der Waals surface area contributed by atoms with Crippen LogP contribution in [0.25, 0.3) is 0 Å². The van der Waals surface area contributed by atoms with Gasteiger partial charge in [0.05, 0.1) is 26.4 Å². The first-order valence-electron chi connectivity index (χ1n) is 35.4. The summed E-state index contributed by atoms with van der Waals surface area (Å²) >= 11 is 0. The van der Waals surface area contributed by atoms with Crippen molar-refractivity contribution >= 4 is 39.5 Å². The largest absolute Gasteiger partial charge is 0.472 e. The van der Waals surface area contributed by atoms with Crippen molar-refractivity contribution in [3.63, 3.8) is 0 Å². The molecule has 0 saturated heterocycles. The molecule has 17 nitrogen and oxygen atoms in total. The highest BCUT2D eigenvalue weighted by atomic mass is 31.2. The monoisotopic (exact) mass is 1280 g/mol. The first kappa shape index (κ1) is 85.1. The van der Waals surface area contributed by atoms with Crippen LogP contribution in [-0.4, -0.2) is 96.7 Å². The fourth-order valence-electron chi connectivity index (χ4n) is 10.1. The van der Waals surface area contributed by atoms with E-state index in [1.807, 2.05) is 0 Å². The highest BCUT2D eigenvalue weighted by Gasteiger charge is 2.30. The maximum Gasteiger partial charge on any atom is 0.472 e. The predicted octanol–water partition coefficient (Wildman–Crippen LogP) is 19.1. The average molecular weight is 1280 g/mol. The van der Waals surface area contributed by atoms with Crippen LogP contribution in [0.2, 0.25) is 0 Å². The van der Waals surface area contributed by atoms with Gasteiger partial charge in [-0.15, -0.1) is 0 Å². The molecule has 0 fully saturated rings. The molecule has 0 amide bonds. The molecule has 87 heavy (non-hydrogen) atoms. The zero-order valence-electron chi connectivity index (χ0n) is 56.5. The molecule has 0 aliphatic heterocycles. The van der Waals surface area contributed by atoms with Crippen LogP contribution in [0.3, 0.4) is 0 Å². The lowest BCUT2D eigenvalue weighted by Crippen LogP contribution is -2.30. The SMILES string of the molecule is CCCCCCCCCCCCCCCCCC(=O)O[C@H](COC(=O)CCCCCCCCCCCC(C)C)COP(=O)(O)OC[C@@H](O)COP(=O)(O)OC[C@@H](COC(=O)CCCCCCCCC(C)CC)OC(=O)CCCCCCCCC(C)CC. The van der Waals surface area contributed by atoms with Gasteiger partial charge < -0.3 is 33.8 Å². The Morgan fingerprint density at radius 1 is 0.333 bits per heavy atom. The van der Waals surface area contributed by atoms with E-state index in [9.17, 15) is 43.2 Å². The summed E-state index contributed by atoms with van der Waals surface area (Å²) in [6.07, 6.45) is 41.7. The number of phosphoric ester groups is 2. The van der Waals surface area contributed by atoms with Gasteiger partial charge in [-0.05, 0) is 43.4 Å². The van der Waals surface area contributed by atoms with Crippen molar-refractivity contribution in [1.82, 2.24) is 0 Å². The third kappa shape index (κ3) is 60.1.